The van der Waals surface area contributed by atoms with Crippen LogP contribution in [-0.4, -0.2) is 72.7 Å². The molecule has 2 aromatic rings. The minimum atomic E-state index is -3.61. The first-order valence-corrected chi connectivity index (χ1v) is 11.8. The Kier molecular flexibility index (Phi) is 7.23. The molecule has 3 rings (SSSR count). The molecule has 1 fully saturated rings. The number of hydrogen-bond donors (Lipinski definition) is 0. The molecule has 1 aliphatic rings. The first-order valence-electron chi connectivity index (χ1n) is 10.4. The van der Waals surface area contributed by atoms with Gasteiger partial charge in [-0.3, -0.25) is 14.7 Å². The summed E-state index contributed by atoms with van der Waals surface area (Å²) in [6.45, 7) is 9.84. The Hall–Kier alpha value is -2.29. The van der Waals surface area contributed by atoms with Crippen LogP contribution in [0.25, 0.3) is 0 Å². The molecule has 8 heteroatoms. The van der Waals surface area contributed by atoms with Crippen molar-refractivity contribution in [2.45, 2.75) is 32.2 Å². The van der Waals surface area contributed by atoms with E-state index in [0.717, 1.165) is 19.6 Å². The summed E-state index contributed by atoms with van der Waals surface area (Å²) < 4.78 is 27.4. The molecular formula is C22H30N4O3S. The van der Waals surface area contributed by atoms with E-state index in [9.17, 15) is 13.2 Å². The van der Waals surface area contributed by atoms with Crippen LogP contribution in [0.3, 0.4) is 0 Å². The number of piperazine rings is 1. The minimum absolute atomic E-state index is 0.116. The van der Waals surface area contributed by atoms with Gasteiger partial charge in [-0.1, -0.05) is 19.9 Å². The van der Waals surface area contributed by atoms with Crippen molar-refractivity contribution < 1.29 is 13.2 Å². The Balaban J connectivity index is 1.71. The molecule has 1 aromatic carbocycles. The number of amides is 1. The zero-order valence-electron chi connectivity index (χ0n) is 17.9. The zero-order valence-corrected chi connectivity index (χ0v) is 18.7. The predicted molar refractivity (Wildman–Crippen MR) is 117 cm³/mol. The molecule has 0 N–H and O–H groups in total. The second-order valence-corrected chi connectivity index (χ2v) is 9.40. The van der Waals surface area contributed by atoms with Gasteiger partial charge in [0, 0.05) is 63.8 Å². The second kappa shape index (κ2) is 9.68. The molecular weight excluding hydrogens is 400 g/mol. The largest absolute Gasteiger partial charge is 0.336 e. The van der Waals surface area contributed by atoms with Crippen molar-refractivity contribution in [3.63, 3.8) is 0 Å². The lowest BCUT2D eigenvalue weighted by Crippen LogP contribution is -2.48. The molecule has 0 radical (unpaired) electrons. The molecule has 1 aromatic heterocycles. The lowest BCUT2D eigenvalue weighted by molar-refractivity contribution is 0.0628. The molecule has 0 saturated carbocycles. The molecule has 0 aliphatic carbocycles. The average Bonchev–Trinajstić information content (AvgIpc) is 2.75. The Bertz CT molecular complexity index is 967. The fourth-order valence-corrected chi connectivity index (χ4v) is 5.46. The van der Waals surface area contributed by atoms with Gasteiger partial charge in [-0.15, -0.1) is 0 Å². The van der Waals surface area contributed by atoms with Crippen LogP contribution in [-0.2, 0) is 16.6 Å². The van der Waals surface area contributed by atoms with Gasteiger partial charge >= 0.3 is 0 Å². The number of carbonyl (C=O) groups excluding carboxylic acids is 1. The number of rotatable bonds is 7. The van der Waals surface area contributed by atoms with Gasteiger partial charge in [0.1, 0.15) is 0 Å². The van der Waals surface area contributed by atoms with Crippen molar-refractivity contribution >= 4 is 15.9 Å². The third kappa shape index (κ3) is 4.88. The Labute approximate surface area is 179 Å². The summed E-state index contributed by atoms with van der Waals surface area (Å²) in [5, 5.41) is 0. The fourth-order valence-electron chi connectivity index (χ4n) is 3.75. The third-order valence-electron chi connectivity index (χ3n) is 5.57. The summed E-state index contributed by atoms with van der Waals surface area (Å²) in [5.41, 5.74) is 2.28. The van der Waals surface area contributed by atoms with Gasteiger partial charge in [0.15, 0.2) is 0 Å². The highest BCUT2D eigenvalue weighted by molar-refractivity contribution is 7.89. The van der Waals surface area contributed by atoms with E-state index in [-0.39, 0.29) is 10.8 Å². The van der Waals surface area contributed by atoms with Crippen LogP contribution in [0.15, 0.2) is 47.6 Å². The average molecular weight is 431 g/mol. The molecule has 30 heavy (non-hydrogen) atoms. The summed E-state index contributed by atoms with van der Waals surface area (Å²) >= 11 is 0. The van der Waals surface area contributed by atoms with Crippen molar-refractivity contribution in [3.8, 4) is 0 Å². The number of hydrogen-bond acceptors (Lipinski definition) is 5. The van der Waals surface area contributed by atoms with Crippen LogP contribution in [0.5, 0.6) is 0 Å². The van der Waals surface area contributed by atoms with Crippen molar-refractivity contribution in [2.24, 2.45) is 0 Å². The van der Waals surface area contributed by atoms with Crippen LogP contribution in [0.2, 0.25) is 0 Å². The third-order valence-corrected chi connectivity index (χ3v) is 7.77. The molecule has 0 unspecified atom stereocenters. The van der Waals surface area contributed by atoms with Gasteiger partial charge in [-0.05, 0) is 42.3 Å². The molecule has 0 bridgehead atoms. The summed E-state index contributed by atoms with van der Waals surface area (Å²) in [4.78, 5) is 21.4. The van der Waals surface area contributed by atoms with Gasteiger partial charge in [-0.2, -0.15) is 4.31 Å². The Morgan fingerprint density at radius 2 is 1.67 bits per heavy atom. The number of sulfonamides is 1. The molecule has 162 valence electrons. The number of carbonyl (C=O) groups is 1. The molecule has 1 aliphatic heterocycles. The number of pyridine rings is 1. The topological polar surface area (TPSA) is 73.8 Å². The van der Waals surface area contributed by atoms with E-state index in [1.54, 1.807) is 31.5 Å². The predicted octanol–water partition coefficient (Wildman–Crippen LogP) is 2.38. The van der Waals surface area contributed by atoms with Crippen LogP contribution in [0.4, 0.5) is 0 Å². The standard InChI is InChI=1S/C22H30N4O3S/c1-4-26(5-2)30(28,29)21-16-20(7-6-18(21)3)22(27)25-14-12-24(13-15-25)17-19-8-10-23-11-9-19/h6-11,16H,4-5,12-15,17H2,1-3H3. The monoisotopic (exact) mass is 430 g/mol. The van der Waals surface area contributed by atoms with Crippen molar-refractivity contribution in [1.82, 2.24) is 19.1 Å². The molecule has 1 amide bonds. The quantitative estimate of drug-likeness (QED) is 0.674. The summed E-state index contributed by atoms with van der Waals surface area (Å²) in [5.74, 6) is -0.116. The molecule has 2 heterocycles. The maximum absolute atomic E-state index is 13.1. The molecule has 1 saturated heterocycles. The van der Waals surface area contributed by atoms with E-state index in [0.29, 0.717) is 37.3 Å². The van der Waals surface area contributed by atoms with E-state index in [4.69, 9.17) is 0 Å². The first-order chi connectivity index (χ1) is 14.4. The summed E-state index contributed by atoms with van der Waals surface area (Å²) in [7, 11) is -3.61. The van der Waals surface area contributed by atoms with Crippen molar-refractivity contribution in [3.05, 3.63) is 59.4 Å². The zero-order chi connectivity index (χ0) is 21.7. The SMILES string of the molecule is CCN(CC)S(=O)(=O)c1cc(C(=O)N2CCN(Cc3ccncc3)CC2)ccc1C. The van der Waals surface area contributed by atoms with E-state index in [1.165, 1.54) is 15.9 Å². The summed E-state index contributed by atoms with van der Waals surface area (Å²) in [6, 6.07) is 8.99. The van der Waals surface area contributed by atoms with Crippen LogP contribution in [0, 0.1) is 6.92 Å². The molecule has 0 spiro atoms. The Morgan fingerprint density at radius 1 is 1.03 bits per heavy atom. The highest BCUT2D eigenvalue weighted by atomic mass is 32.2. The van der Waals surface area contributed by atoms with Crippen molar-refractivity contribution in [2.75, 3.05) is 39.3 Å². The van der Waals surface area contributed by atoms with E-state index < -0.39 is 10.0 Å². The number of benzene rings is 1. The molecule has 0 atom stereocenters. The van der Waals surface area contributed by atoms with Gasteiger partial charge < -0.3 is 4.90 Å². The van der Waals surface area contributed by atoms with Gasteiger partial charge in [0.25, 0.3) is 5.91 Å². The number of aryl methyl sites for hydroxylation is 1. The lowest BCUT2D eigenvalue weighted by Gasteiger charge is -2.35. The van der Waals surface area contributed by atoms with E-state index >= 15 is 0 Å². The van der Waals surface area contributed by atoms with Gasteiger partial charge in [-0.25, -0.2) is 8.42 Å². The number of aromatic nitrogens is 1. The second-order valence-electron chi connectivity index (χ2n) is 7.49. The maximum Gasteiger partial charge on any atom is 0.253 e. The highest BCUT2D eigenvalue weighted by Gasteiger charge is 2.27. The summed E-state index contributed by atoms with van der Waals surface area (Å²) in [6.07, 6.45) is 3.58. The normalized spacial score (nSPS) is 15.5. The fraction of sp³-hybridized carbons (Fsp3) is 0.455. The van der Waals surface area contributed by atoms with E-state index in [1.807, 2.05) is 30.9 Å². The minimum Gasteiger partial charge on any atom is -0.336 e. The highest BCUT2D eigenvalue weighted by Crippen LogP contribution is 2.22. The molecule has 7 nitrogen and oxygen atoms in total. The maximum atomic E-state index is 13.1. The smallest absolute Gasteiger partial charge is 0.253 e. The number of nitrogens with zero attached hydrogens (tertiary/aromatic N) is 4. The van der Waals surface area contributed by atoms with E-state index in [2.05, 4.69) is 9.88 Å². The Morgan fingerprint density at radius 3 is 2.27 bits per heavy atom. The van der Waals surface area contributed by atoms with Crippen molar-refractivity contribution in [1.29, 1.82) is 0 Å². The van der Waals surface area contributed by atoms with Crippen LogP contribution < -0.4 is 0 Å². The van der Waals surface area contributed by atoms with Crippen LogP contribution in [0.1, 0.15) is 35.3 Å². The lowest BCUT2D eigenvalue weighted by atomic mass is 10.1. The first kappa shape index (κ1) is 22.4. The van der Waals surface area contributed by atoms with Gasteiger partial charge in [0.05, 0.1) is 4.90 Å². The van der Waals surface area contributed by atoms with Crippen LogP contribution >= 0.6 is 0 Å². The van der Waals surface area contributed by atoms with Gasteiger partial charge in [0.2, 0.25) is 10.0 Å².